The number of halogens is 1. The first-order valence-corrected chi connectivity index (χ1v) is 9.33. The monoisotopic (exact) mass is 475 g/mol. The Balaban J connectivity index is 2.05. The first-order valence-electron chi connectivity index (χ1n) is 8.54. The maximum Gasteiger partial charge on any atom is 0.335 e. The number of benzene rings is 2. The van der Waals surface area contributed by atoms with E-state index in [4.69, 9.17) is 4.74 Å². The first-order chi connectivity index (χ1) is 14.2. The van der Waals surface area contributed by atoms with Crippen molar-refractivity contribution < 1.29 is 29.2 Å². The standard InChI is InChI=1S/C19H14BrN3O7/c1-2-30-15-8-10(7-14(20)16(15)24)6-13-17(25)21-19(27)22(18(13)26)11-4-3-5-12(9-11)23(28)29/h3-9,24H,2H2,1H3,(H,21,25,27)/b13-6-. The van der Waals surface area contributed by atoms with Crippen molar-refractivity contribution in [2.24, 2.45) is 0 Å². The number of ether oxygens (including phenoxy) is 1. The van der Waals surface area contributed by atoms with E-state index in [1.807, 2.05) is 5.32 Å². The number of hydrogen-bond donors (Lipinski definition) is 2. The van der Waals surface area contributed by atoms with Gasteiger partial charge in [0.15, 0.2) is 11.5 Å². The number of non-ortho nitro benzene ring substituents is 1. The van der Waals surface area contributed by atoms with Gasteiger partial charge in [-0.25, -0.2) is 9.69 Å². The lowest BCUT2D eigenvalue weighted by atomic mass is 10.1. The van der Waals surface area contributed by atoms with Crippen LogP contribution in [-0.4, -0.2) is 34.5 Å². The fourth-order valence-corrected chi connectivity index (χ4v) is 3.21. The smallest absolute Gasteiger partial charge is 0.335 e. The third-order valence-electron chi connectivity index (χ3n) is 4.06. The van der Waals surface area contributed by atoms with Crippen molar-refractivity contribution >= 4 is 51.2 Å². The predicted molar refractivity (Wildman–Crippen MR) is 109 cm³/mol. The van der Waals surface area contributed by atoms with Crippen molar-refractivity contribution in [1.29, 1.82) is 0 Å². The van der Waals surface area contributed by atoms with E-state index in [0.717, 1.165) is 6.07 Å². The van der Waals surface area contributed by atoms with E-state index in [2.05, 4.69) is 15.9 Å². The maximum absolute atomic E-state index is 12.9. The molecule has 2 N–H and O–H groups in total. The molecule has 0 aliphatic carbocycles. The zero-order chi connectivity index (χ0) is 22.0. The molecule has 4 amide bonds. The average molecular weight is 476 g/mol. The van der Waals surface area contributed by atoms with Crippen LogP contribution in [0, 0.1) is 10.1 Å². The number of nitro groups is 1. The molecular weight excluding hydrogens is 462 g/mol. The van der Waals surface area contributed by atoms with Crippen LogP contribution in [0.4, 0.5) is 16.2 Å². The average Bonchev–Trinajstić information content (AvgIpc) is 2.69. The first kappa shape index (κ1) is 21.0. The van der Waals surface area contributed by atoms with Crippen molar-refractivity contribution in [3.63, 3.8) is 0 Å². The number of hydrogen-bond acceptors (Lipinski definition) is 7. The molecule has 154 valence electrons. The summed E-state index contributed by atoms with van der Waals surface area (Å²) in [6.45, 7) is 1.99. The van der Waals surface area contributed by atoms with Gasteiger partial charge in [-0.05, 0) is 52.7 Å². The van der Waals surface area contributed by atoms with E-state index >= 15 is 0 Å². The van der Waals surface area contributed by atoms with Gasteiger partial charge < -0.3 is 9.84 Å². The summed E-state index contributed by atoms with van der Waals surface area (Å²) in [5.41, 5.74) is -0.414. The highest BCUT2D eigenvalue weighted by atomic mass is 79.9. The van der Waals surface area contributed by atoms with Gasteiger partial charge in [-0.15, -0.1) is 0 Å². The highest BCUT2D eigenvalue weighted by Gasteiger charge is 2.37. The van der Waals surface area contributed by atoms with Crippen LogP contribution in [0.1, 0.15) is 12.5 Å². The number of rotatable bonds is 5. The minimum Gasteiger partial charge on any atom is -0.503 e. The number of phenols is 1. The number of nitrogens with zero attached hydrogens (tertiary/aromatic N) is 2. The number of carbonyl (C=O) groups excluding carboxylic acids is 3. The summed E-state index contributed by atoms with van der Waals surface area (Å²) in [4.78, 5) is 48.4. The van der Waals surface area contributed by atoms with E-state index in [-0.39, 0.29) is 39.5 Å². The van der Waals surface area contributed by atoms with Crippen LogP contribution in [0.25, 0.3) is 6.08 Å². The van der Waals surface area contributed by atoms with E-state index in [1.54, 1.807) is 6.92 Å². The van der Waals surface area contributed by atoms with Crippen molar-refractivity contribution in [3.8, 4) is 11.5 Å². The summed E-state index contributed by atoms with van der Waals surface area (Å²) in [5, 5.41) is 23.1. The molecule has 0 bridgehead atoms. The Kier molecular flexibility index (Phi) is 5.83. The van der Waals surface area contributed by atoms with Gasteiger partial charge in [-0.3, -0.25) is 25.0 Å². The second-order valence-corrected chi connectivity index (χ2v) is 6.87. The van der Waals surface area contributed by atoms with Crippen LogP contribution in [0.15, 0.2) is 46.4 Å². The lowest BCUT2D eigenvalue weighted by molar-refractivity contribution is -0.384. The van der Waals surface area contributed by atoms with Gasteiger partial charge in [0.05, 0.1) is 21.7 Å². The third-order valence-corrected chi connectivity index (χ3v) is 4.67. The molecule has 0 saturated carbocycles. The molecule has 2 aromatic carbocycles. The number of nitrogens with one attached hydrogen (secondary N) is 1. The van der Waals surface area contributed by atoms with Crippen LogP contribution in [-0.2, 0) is 9.59 Å². The zero-order valence-corrected chi connectivity index (χ0v) is 17.0. The number of nitro benzene ring substituents is 1. The summed E-state index contributed by atoms with van der Waals surface area (Å²) in [5.74, 6) is -1.89. The van der Waals surface area contributed by atoms with E-state index in [1.165, 1.54) is 36.4 Å². The Morgan fingerprint density at radius 1 is 1.27 bits per heavy atom. The molecule has 30 heavy (non-hydrogen) atoms. The van der Waals surface area contributed by atoms with Gasteiger partial charge in [-0.2, -0.15) is 0 Å². The highest BCUT2D eigenvalue weighted by molar-refractivity contribution is 9.10. The summed E-state index contributed by atoms with van der Waals surface area (Å²) < 4.78 is 5.59. The van der Waals surface area contributed by atoms with Gasteiger partial charge in [0.2, 0.25) is 0 Å². The molecule has 0 spiro atoms. The fourth-order valence-electron chi connectivity index (χ4n) is 2.75. The zero-order valence-electron chi connectivity index (χ0n) is 15.4. The van der Waals surface area contributed by atoms with Crippen molar-refractivity contribution in [2.75, 3.05) is 11.5 Å². The number of amides is 4. The van der Waals surface area contributed by atoms with Crippen LogP contribution >= 0.6 is 15.9 Å². The molecule has 1 heterocycles. The minimum absolute atomic E-state index is 0.0630. The Bertz CT molecular complexity index is 1110. The Morgan fingerprint density at radius 2 is 2.00 bits per heavy atom. The van der Waals surface area contributed by atoms with Gasteiger partial charge in [0.1, 0.15) is 5.57 Å². The van der Waals surface area contributed by atoms with Crippen molar-refractivity contribution in [2.45, 2.75) is 6.92 Å². The normalized spacial score (nSPS) is 15.3. The largest absolute Gasteiger partial charge is 0.503 e. The Labute approximate surface area is 178 Å². The Morgan fingerprint density at radius 3 is 2.67 bits per heavy atom. The quantitative estimate of drug-likeness (QED) is 0.293. The van der Waals surface area contributed by atoms with Gasteiger partial charge in [0.25, 0.3) is 17.5 Å². The van der Waals surface area contributed by atoms with Crippen LogP contribution < -0.4 is 15.0 Å². The molecular formula is C19H14BrN3O7. The van der Waals surface area contributed by atoms with Gasteiger partial charge >= 0.3 is 6.03 Å². The molecule has 1 aliphatic heterocycles. The van der Waals surface area contributed by atoms with Crippen LogP contribution in [0.5, 0.6) is 11.5 Å². The maximum atomic E-state index is 12.9. The molecule has 1 aliphatic rings. The topological polar surface area (TPSA) is 139 Å². The molecule has 1 fully saturated rings. The molecule has 0 atom stereocenters. The molecule has 1 saturated heterocycles. The van der Waals surface area contributed by atoms with E-state index < -0.39 is 22.8 Å². The summed E-state index contributed by atoms with van der Waals surface area (Å²) in [6, 6.07) is 6.77. The molecule has 11 heteroatoms. The lowest BCUT2D eigenvalue weighted by Crippen LogP contribution is -2.54. The number of barbiturate groups is 1. The van der Waals surface area contributed by atoms with E-state index in [0.29, 0.717) is 10.5 Å². The lowest BCUT2D eigenvalue weighted by Gasteiger charge is -2.26. The summed E-state index contributed by atoms with van der Waals surface area (Å²) >= 11 is 3.17. The molecule has 3 rings (SSSR count). The SMILES string of the molecule is CCOc1cc(/C=C2/C(=O)NC(=O)N(c3cccc([N+](=O)[O-])c3)C2=O)cc(Br)c1O. The molecule has 0 unspecified atom stereocenters. The summed E-state index contributed by atoms with van der Waals surface area (Å²) in [6.07, 6.45) is 1.22. The molecule has 0 aromatic heterocycles. The van der Waals surface area contributed by atoms with Gasteiger partial charge in [0, 0.05) is 12.1 Å². The Hall–Kier alpha value is -3.73. The minimum atomic E-state index is -1.02. The molecule has 10 nitrogen and oxygen atoms in total. The summed E-state index contributed by atoms with van der Waals surface area (Å²) in [7, 11) is 0. The fraction of sp³-hybridized carbons (Fsp3) is 0.105. The number of anilines is 1. The number of aromatic hydroxyl groups is 1. The molecule has 2 aromatic rings. The number of urea groups is 1. The van der Waals surface area contributed by atoms with Crippen molar-refractivity contribution in [3.05, 3.63) is 62.1 Å². The van der Waals surface area contributed by atoms with E-state index in [9.17, 15) is 29.6 Å². The van der Waals surface area contributed by atoms with Gasteiger partial charge in [-0.1, -0.05) is 6.07 Å². The molecule has 0 radical (unpaired) electrons. The number of carbonyl (C=O) groups is 3. The van der Waals surface area contributed by atoms with Crippen LogP contribution in [0.2, 0.25) is 0 Å². The second-order valence-electron chi connectivity index (χ2n) is 6.02. The van der Waals surface area contributed by atoms with Crippen LogP contribution in [0.3, 0.4) is 0 Å². The number of phenolic OH excluding ortho intramolecular Hbond substituents is 1. The number of imide groups is 2. The van der Waals surface area contributed by atoms with Crippen molar-refractivity contribution in [1.82, 2.24) is 5.32 Å². The third kappa shape index (κ3) is 4.01. The second kappa shape index (κ2) is 8.33. The predicted octanol–water partition coefficient (Wildman–Crippen LogP) is 3.13. The highest BCUT2D eigenvalue weighted by Crippen LogP contribution is 2.36.